The lowest BCUT2D eigenvalue weighted by Gasteiger charge is -2.28. The lowest BCUT2D eigenvalue weighted by Crippen LogP contribution is -2.41. The van der Waals surface area contributed by atoms with Gasteiger partial charge in [-0.1, -0.05) is 34.1 Å². The van der Waals surface area contributed by atoms with Gasteiger partial charge in [0.25, 0.3) is 5.91 Å². The Morgan fingerprint density at radius 2 is 1.97 bits per heavy atom. The van der Waals surface area contributed by atoms with Gasteiger partial charge in [0.2, 0.25) is 0 Å². The van der Waals surface area contributed by atoms with E-state index >= 15 is 0 Å². The number of benzene rings is 2. The molecule has 0 N–H and O–H groups in total. The fourth-order valence-corrected chi connectivity index (χ4v) is 5.64. The Balaban J connectivity index is 1.76. The van der Waals surface area contributed by atoms with Crippen LogP contribution in [0.5, 0.6) is 0 Å². The Bertz CT molecular complexity index is 1300. The molecule has 1 fully saturated rings. The number of carbonyl (C=O) groups excluding carboxylic acids is 1. The molecule has 1 aliphatic heterocycles. The van der Waals surface area contributed by atoms with Crippen molar-refractivity contribution in [2.75, 3.05) is 11.5 Å². The molecule has 3 aromatic rings. The van der Waals surface area contributed by atoms with Crippen molar-refractivity contribution in [2.24, 2.45) is 0 Å². The topological polar surface area (TPSA) is 84.7 Å². The maximum atomic E-state index is 14.2. The Morgan fingerprint density at radius 1 is 1.20 bits per heavy atom. The summed E-state index contributed by atoms with van der Waals surface area (Å²) in [6.07, 6.45) is 0.242. The molecule has 1 atom stereocenters. The quantitative estimate of drug-likeness (QED) is 0.554. The molecule has 9 heteroatoms. The molecule has 6 nitrogen and oxygen atoms in total. The summed E-state index contributed by atoms with van der Waals surface area (Å²) in [6, 6.07) is 11.3. The number of hydrogen-bond donors (Lipinski definition) is 0. The van der Waals surface area contributed by atoms with Crippen molar-refractivity contribution in [1.82, 2.24) is 4.90 Å². The van der Waals surface area contributed by atoms with E-state index in [0.29, 0.717) is 9.86 Å². The van der Waals surface area contributed by atoms with Gasteiger partial charge in [-0.15, -0.1) is 0 Å². The van der Waals surface area contributed by atoms with Crippen LogP contribution in [0.4, 0.5) is 4.39 Å². The molecular formula is C21H17BrFNO5S. The highest BCUT2D eigenvalue weighted by Gasteiger charge is 2.36. The zero-order chi connectivity index (χ0) is 21.5. The van der Waals surface area contributed by atoms with Gasteiger partial charge >= 0.3 is 0 Å². The maximum absolute atomic E-state index is 14.2. The summed E-state index contributed by atoms with van der Waals surface area (Å²) in [5, 5.41) is 0.318. The highest BCUT2D eigenvalue weighted by atomic mass is 79.9. The summed E-state index contributed by atoms with van der Waals surface area (Å²) in [5.41, 5.74) is 0.0862. The van der Waals surface area contributed by atoms with Crippen LogP contribution in [-0.2, 0) is 16.4 Å². The molecule has 30 heavy (non-hydrogen) atoms. The Morgan fingerprint density at radius 3 is 2.67 bits per heavy atom. The Hall–Kier alpha value is -2.52. The molecule has 0 radical (unpaired) electrons. The second-order valence-electron chi connectivity index (χ2n) is 7.20. The number of hydrogen-bond acceptors (Lipinski definition) is 5. The number of sulfone groups is 1. The predicted octanol–water partition coefficient (Wildman–Crippen LogP) is 3.52. The molecule has 0 bridgehead atoms. The van der Waals surface area contributed by atoms with Gasteiger partial charge in [-0.3, -0.25) is 9.59 Å². The van der Waals surface area contributed by atoms with Gasteiger partial charge in [0.1, 0.15) is 11.4 Å². The summed E-state index contributed by atoms with van der Waals surface area (Å²) < 4.78 is 44.6. The first kappa shape index (κ1) is 20.7. The van der Waals surface area contributed by atoms with Crippen LogP contribution in [0.25, 0.3) is 11.0 Å². The average Bonchev–Trinajstić information content (AvgIpc) is 3.06. The van der Waals surface area contributed by atoms with Crippen molar-refractivity contribution in [1.29, 1.82) is 0 Å². The van der Waals surface area contributed by atoms with Crippen LogP contribution >= 0.6 is 15.9 Å². The summed E-state index contributed by atoms with van der Waals surface area (Å²) >= 11 is 3.30. The standard InChI is InChI=1S/C21H17BrFNO5S/c22-14-5-6-16-18(25)10-20(29-19(16)9-14)21(26)24(15-7-8-30(27,28)12-15)11-13-3-1-2-4-17(13)23/h1-6,9-10,15H,7-8,11-12H2/t15-/m1/s1. The molecular weight excluding hydrogens is 477 g/mol. The minimum absolute atomic E-state index is 0.0483. The predicted molar refractivity (Wildman–Crippen MR) is 114 cm³/mol. The van der Waals surface area contributed by atoms with Gasteiger partial charge in [-0.05, 0) is 30.7 Å². The fraction of sp³-hybridized carbons (Fsp3) is 0.238. The van der Waals surface area contributed by atoms with Crippen molar-refractivity contribution in [3.05, 3.63) is 80.4 Å². The van der Waals surface area contributed by atoms with Crippen LogP contribution in [-0.4, -0.2) is 36.8 Å². The van der Waals surface area contributed by atoms with Gasteiger partial charge in [-0.2, -0.15) is 0 Å². The van der Waals surface area contributed by atoms with Gasteiger partial charge in [0.15, 0.2) is 21.0 Å². The van der Waals surface area contributed by atoms with Crippen LogP contribution < -0.4 is 5.43 Å². The molecule has 0 spiro atoms. The molecule has 1 aromatic heterocycles. The van der Waals surface area contributed by atoms with E-state index in [0.717, 1.165) is 6.07 Å². The first-order valence-electron chi connectivity index (χ1n) is 9.22. The smallest absolute Gasteiger partial charge is 0.290 e. The molecule has 156 valence electrons. The Labute approximate surface area is 180 Å². The van der Waals surface area contributed by atoms with Crippen molar-refractivity contribution in [3.8, 4) is 0 Å². The largest absolute Gasteiger partial charge is 0.451 e. The first-order valence-corrected chi connectivity index (χ1v) is 11.8. The molecule has 2 heterocycles. The van der Waals surface area contributed by atoms with Crippen molar-refractivity contribution < 1.29 is 22.0 Å². The third-order valence-electron chi connectivity index (χ3n) is 5.11. The molecule has 1 amide bonds. The third-order valence-corrected chi connectivity index (χ3v) is 7.35. The third kappa shape index (κ3) is 4.17. The van der Waals surface area contributed by atoms with E-state index in [4.69, 9.17) is 4.42 Å². The van der Waals surface area contributed by atoms with Crippen molar-refractivity contribution >= 4 is 42.6 Å². The zero-order valence-electron chi connectivity index (χ0n) is 15.7. The van der Waals surface area contributed by atoms with E-state index < -0.39 is 33.0 Å². The highest BCUT2D eigenvalue weighted by Crippen LogP contribution is 2.25. The van der Waals surface area contributed by atoms with E-state index in [-0.39, 0.29) is 41.4 Å². The SMILES string of the molecule is O=C(c1cc(=O)c2ccc(Br)cc2o1)N(Cc1ccccc1F)[C@@H]1CCS(=O)(=O)C1. The summed E-state index contributed by atoms with van der Waals surface area (Å²) in [4.78, 5) is 27.1. The van der Waals surface area contributed by atoms with E-state index in [9.17, 15) is 22.4 Å². The molecule has 1 saturated heterocycles. The van der Waals surface area contributed by atoms with Crippen LogP contribution in [0.1, 0.15) is 22.5 Å². The summed E-state index contributed by atoms with van der Waals surface area (Å²) in [5.74, 6) is -1.63. The van der Waals surface area contributed by atoms with E-state index in [1.54, 1.807) is 24.3 Å². The molecule has 4 rings (SSSR count). The van der Waals surface area contributed by atoms with E-state index in [2.05, 4.69) is 15.9 Å². The lowest BCUT2D eigenvalue weighted by atomic mass is 10.1. The van der Waals surface area contributed by atoms with Crippen LogP contribution in [0, 0.1) is 5.82 Å². The molecule has 2 aromatic carbocycles. The van der Waals surface area contributed by atoms with Crippen molar-refractivity contribution in [2.45, 2.75) is 19.0 Å². The van der Waals surface area contributed by atoms with E-state index in [1.807, 2.05) is 0 Å². The zero-order valence-corrected chi connectivity index (χ0v) is 18.1. The monoisotopic (exact) mass is 493 g/mol. The number of halogens is 2. The lowest BCUT2D eigenvalue weighted by molar-refractivity contribution is 0.0646. The number of nitrogens with zero attached hydrogens (tertiary/aromatic N) is 1. The van der Waals surface area contributed by atoms with Crippen molar-refractivity contribution in [3.63, 3.8) is 0 Å². The molecule has 0 saturated carbocycles. The average molecular weight is 494 g/mol. The van der Waals surface area contributed by atoms with Crippen LogP contribution in [0.3, 0.4) is 0 Å². The highest BCUT2D eigenvalue weighted by molar-refractivity contribution is 9.10. The van der Waals surface area contributed by atoms with Crippen LogP contribution in [0.15, 0.2) is 62.2 Å². The van der Waals surface area contributed by atoms with E-state index in [1.165, 1.54) is 23.1 Å². The molecule has 0 aliphatic carbocycles. The normalized spacial score (nSPS) is 17.9. The summed E-state index contributed by atoms with van der Waals surface area (Å²) in [7, 11) is -3.29. The number of amides is 1. The number of carbonyl (C=O) groups is 1. The second kappa shape index (κ2) is 7.96. The Kier molecular flexibility index (Phi) is 5.50. The van der Waals surface area contributed by atoms with Gasteiger partial charge in [-0.25, -0.2) is 12.8 Å². The van der Waals surface area contributed by atoms with Gasteiger partial charge < -0.3 is 9.32 Å². The number of fused-ring (bicyclic) bond motifs is 1. The van der Waals surface area contributed by atoms with Crippen LogP contribution in [0.2, 0.25) is 0 Å². The van der Waals surface area contributed by atoms with Gasteiger partial charge in [0, 0.05) is 28.7 Å². The number of rotatable bonds is 4. The first-order chi connectivity index (χ1) is 14.2. The molecule has 1 aliphatic rings. The molecule has 0 unspecified atom stereocenters. The second-order valence-corrected chi connectivity index (χ2v) is 10.3. The summed E-state index contributed by atoms with van der Waals surface area (Å²) in [6.45, 7) is -0.133. The fourth-order valence-electron chi connectivity index (χ4n) is 3.57. The van der Waals surface area contributed by atoms with Gasteiger partial charge in [0.05, 0.1) is 16.9 Å². The maximum Gasteiger partial charge on any atom is 0.290 e. The minimum Gasteiger partial charge on any atom is -0.451 e. The minimum atomic E-state index is -3.29.